The molecule has 1 aliphatic carbocycles. The second-order valence-corrected chi connectivity index (χ2v) is 4.82. The molecule has 0 bridgehead atoms. The van der Waals surface area contributed by atoms with Crippen LogP contribution in [0.1, 0.15) is 56.3 Å². The van der Waals surface area contributed by atoms with Crippen molar-refractivity contribution in [3.05, 3.63) is 29.3 Å². The summed E-state index contributed by atoms with van der Waals surface area (Å²) in [7, 11) is 0. The predicted octanol–water partition coefficient (Wildman–Crippen LogP) is 3.63. The van der Waals surface area contributed by atoms with Crippen molar-refractivity contribution in [2.75, 3.05) is 6.61 Å². The second kappa shape index (κ2) is 6.06. The first kappa shape index (κ1) is 12.4. The number of rotatable bonds is 6. The quantitative estimate of drug-likeness (QED) is 0.762. The summed E-state index contributed by atoms with van der Waals surface area (Å²) in [6.07, 6.45) is 6.51. The first-order valence-electron chi connectivity index (χ1n) is 6.75. The van der Waals surface area contributed by atoms with Gasteiger partial charge in [0.25, 0.3) is 0 Å². The van der Waals surface area contributed by atoms with Crippen LogP contribution in [0.3, 0.4) is 0 Å². The second-order valence-electron chi connectivity index (χ2n) is 4.82. The molecule has 0 fully saturated rings. The van der Waals surface area contributed by atoms with E-state index >= 15 is 0 Å². The minimum absolute atomic E-state index is 0.261. The van der Waals surface area contributed by atoms with Crippen molar-refractivity contribution in [1.29, 1.82) is 0 Å². The Morgan fingerprint density at radius 1 is 1.29 bits per heavy atom. The van der Waals surface area contributed by atoms with Crippen LogP contribution in [0.15, 0.2) is 18.2 Å². The van der Waals surface area contributed by atoms with Crippen molar-refractivity contribution < 1.29 is 9.84 Å². The third kappa shape index (κ3) is 3.22. The van der Waals surface area contributed by atoms with Crippen LogP contribution in [0, 0.1) is 0 Å². The SMILES string of the molecule is CCCCCCOc1ccc2c(c1)CCC2O. The molecule has 0 spiro atoms. The molecule has 1 N–H and O–H groups in total. The zero-order chi connectivity index (χ0) is 12.1. The van der Waals surface area contributed by atoms with Gasteiger partial charge in [-0.05, 0) is 42.5 Å². The van der Waals surface area contributed by atoms with Gasteiger partial charge in [0, 0.05) is 0 Å². The monoisotopic (exact) mass is 234 g/mol. The fourth-order valence-corrected chi connectivity index (χ4v) is 2.38. The van der Waals surface area contributed by atoms with Crippen LogP contribution >= 0.6 is 0 Å². The molecule has 0 saturated carbocycles. The molecule has 1 aromatic rings. The molecule has 1 atom stereocenters. The standard InChI is InChI=1S/C15H22O2/c1-2-3-4-5-10-17-13-7-8-14-12(11-13)6-9-15(14)16/h7-8,11,15-16H,2-6,9-10H2,1H3. The number of hydrogen-bond donors (Lipinski definition) is 1. The Morgan fingerprint density at radius 2 is 2.18 bits per heavy atom. The Hall–Kier alpha value is -1.02. The summed E-state index contributed by atoms with van der Waals surface area (Å²) < 4.78 is 5.73. The van der Waals surface area contributed by atoms with Gasteiger partial charge in [-0.1, -0.05) is 32.3 Å². The summed E-state index contributed by atoms with van der Waals surface area (Å²) in [6, 6.07) is 6.08. The molecule has 2 heteroatoms. The lowest BCUT2D eigenvalue weighted by atomic mass is 10.1. The lowest BCUT2D eigenvalue weighted by Crippen LogP contribution is -1.98. The fraction of sp³-hybridized carbons (Fsp3) is 0.600. The van der Waals surface area contributed by atoms with Crippen LogP contribution in [0.2, 0.25) is 0 Å². The minimum Gasteiger partial charge on any atom is -0.494 e. The normalized spacial score (nSPS) is 18.1. The molecule has 94 valence electrons. The Morgan fingerprint density at radius 3 is 3.00 bits per heavy atom. The molecule has 0 amide bonds. The maximum absolute atomic E-state index is 9.70. The maximum atomic E-state index is 9.70. The third-order valence-electron chi connectivity index (χ3n) is 3.43. The van der Waals surface area contributed by atoms with Crippen LogP contribution in [0.4, 0.5) is 0 Å². The zero-order valence-electron chi connectivity index (χ0n) is 10.6. The smallest absolute Gasteiger partial charge is 0.119 e. The molecule has 1 aliphatic rings. The van der Waals surface area contributed by atoms with E-state index in [-0.39, 0.29) is 6.10 Å². The van der Waals surface area contributed by atoms with E-state index in [2.05, 4.69) is 13.0 Å². The first-order valence-corrected chi connectivity index (χ1v) is 6.75. The highest BCUT2D eigenvalue weighted by Gasteiger charge is 2.20. The van der Waals surface area contributed by atoms with E-state index in [0.29, 0.717) is 0 Å². The summed E-state index contributed by atoms with van der Waals surface area (Å²) in [6.45, 7) is 3.02. The van der Waals surface area contributed by atoms with Crippen LogP contribution in [-0.4, -0.2) is 11.7 Å². The van der Waals surface area contributed by atoms with Crippen LogP contribution in [-0.2, 0) is 6.42 Å². The number of benzene rings is 1. The van der Waals surface area contributed by atoms with Crippen molar-refractivity contribution >= 4 is 0 Å². The van der Waals surface area contributed by atoms with E-state index in [1.807, 2.05) is 12.1 Å². The topological polar surface area (TPSA) is 29.5 Å². The average Bonchev–Trinajstić information content (AvgIpc) is 2.71. The third-order valence-corrected chi connectivity index (χ3v) is 3.43. The molecule has 1 unspecified atom stereocenters. The Kier molecular flexibility index (Phi) is 4.43. The van der Waals surface area contributed by atoms with E-state index in [0.717, 1.165) is 37.2 Å². The lowest BCUT2D eigenvalue weighted by Gasteiger charge is -2.08. The molecule has 1 aromatic carbocycles. The lowest BCUT2D eigenvalue weighted by molar-refractivity contribution is 0.180. The number of ether oxygens (including phenoxy) is 1. The van der Waals surface area contributed by atoms with Gasteiger partial charge < -0.3 is 9.84 Å². The van der Waals surface area contributed by atoms with Gasteiger partial charge in [0.15, 0.2) is 0 Å². The molecule has 0 aliphatic heterocycles. The Labute approximate surface area is 104 Å². The van der Waals surface area contributed by atoms with Crippen LogP contribution < -0.4 is 4.74 Å². The molecular weight excluding hydrogens is 212 g/mol. The van der Waals surface area contributed by atoms with Gasteiger partial charge in [-0.3, -0.25) is 0 Å². The molecule has 2 rings (SSSR count). The van der Waals surface area contributed by atoms with Crippen molar-refractivity contribution in [2.45, 2.75) is 51.6 Å². The summed E-state index contributed by atoms with van der Waals surface area (Å²) in [5.41, 5.74) is 2.34. The van der Waals surface area contributed by atoms with Gasteiger partial charge in [0.1, 0.15) is 5.75 Å². The number of aliphatic hydroxyl groups excluding tert-OH is 1. The minimum atomic E-state index is -0.261. The van der Waals surface area contributed by atoms with Crippen molar-refractivity contribution in [3.63, 3.8) is 0 Å². The molecular formula is C15H22O2. The van der Waals surface area contributed by atoms with Gasteiger partial charge in [0.2, 0.25) is 0 Å². The number of aliphatic hydroxyl groups is 1. The number of unbranched alkanes of at least 4 members (excludes halogenated alkanes) is 3. The summed E-state index contributed by atoms with van der Waals surface area (Å²) >= 11 is 0. The van der Waals surface area contributed by atoms with E-state index < -0.39 is 0 Å². The van der Waals surface area contributed by atoms with Crippen molar-refractivity contribution in [3.8, 4) is 5.75 Å². The summed E-state index contributed by atoms with van der Waals surface area (Å²) in [5, 5.41) is 9.70. The summed E-state index contributed by atoms with van der Waals surface area (Å²) in [5.74, 6) is 0.953. The Balaban J connectivity index is 1.82. The maximum Gasteiger partial charge on any atom is 0.119 e. The zero-order valence-corrected chi connectivity index (χ0v) is 10.6. The van der Waals surface area contributed by atoms with Gasteiger partial charge in [-0.15, -0.1) is 0 Å². The van der Waals surface area contributed by atoms with Gasteiger partial charge >= 0.3 is 0 Å². The largest absolute Gasteiger partial charge is 0.494 e. The predicted molar refractivity (Wildman–Crippen MR) is 69.4 cm³/mol. The molecule has 0 heterocycles. The van der Waals surface area contributed by atoms with E-state index in [1.54, 1.807) is 0 Å². The van der Waals surface area contributed by atoms with Crippen LogP contribution in [0.5, 0.6) is 5.75 Å². The van der Waals surface area contributed by atoms with Gasteiger partial charge in [-0.2, -0.15) is 0 Å². The summed E-state index contributed by atoms with van der Waals surface area (Å²) in [4.78, 5) is 0. The van der Waals surface area contributed by atoms with E-state index in [9.17, 15) is 5.11 Å². The van der Waals surface area contributed by atoms with Crippen LogP contribution in [0.25, 0.3) is 0 Å². The number of fused-ring (bicyclic) bond motifs is 1. The molecule has 0 aromatic heterocycles. The number of aryl methyl sites for hydroxylation is 1. The van der Waals surface area contributed by atoms with Gasteiger partial charge in [-0.25, -0.2) is 0 Å². The molecule has 17 heavy (non-hydrogen) atoms. The van der Waals surface area contributed by atoms with Gasteiger partial charge in [0.05, 0.1) is 12.7 Å². The van der Waals surface area contributed by atoms with E-state index in [4.69, 9.17) is 4.74 Å². The highest BCUT2D eigenvalue weighted by Crippen LogP contribution is 2.33. The number of hydrogen-bond acceptors (Lipinski definition) is 2. The fourth-order valence-electron chi connectivity index (χ4n) is 2.38. The van der Waals surface area contributed by atoms with Crippen molar-refractivity contribution in [2.24, 2.45) is 0 Å². The molecule has 0 saturated heterocycles. The highest BCUT2D eigenvalue weighted by atomic mass is 16.5. The first-order chi connectivity index (χ1) is 8.31. The van der Waals surface area contributed by atoms with E-state index in [1.165, 1.54) is 24.8 Å². The molecule has 0 radical (unpaired) electrons. The highest BCUT2D eigenvalue weighted by molar-refractivity contribution is 5.39. The van der Waals surface area contributed by atoms with Crippen molar-refractivity contribution in [1.82, 2.24) is 0 Å². The average molecular weight is 234 g/mol. The Bertz CT molecular complexity index is 360. The molecule has 2 nitrogen and oxygen atoms in total.